The minimum Gasteiger partial charge on any atom is -0.301 e. The van der Waals surface area contributed by atoms with Crippen LogP contribution in [-0.2, 0) is 21.2 Å². The van der Waals surface area contributed by atoms with Gasteiger partial charge in [0.15, 0.2) is 5.13 Å². The number of sulfonamides is 1. The average molecular weight is 442 g/mol. The number of hydrogen-bond donors (Lipinski definition) is 1. The van der Waals surface area contributed by atoms with Gasteiger partial charge in [-0.25, -0.2) is 13.4 Å². The molecule has 30 heavy (non-hydrogen) atoms. The molecule has 2 heterocycles. The van der Waals surface area contributed by atoms with Crippen LogP contribution < -0.4 is 5.32 Å². The van der Waals surface area contributed by atoms with E-state index in [9.17, 15) is 13.2 Å². The Kier molecular flexibility index (Phi) is 5.99. The number of benzene rings is 2. The van der Waals surface area contributed by atoms with Crippen LogP contribution in [0.15, 0.2) is 60.0 Å². The predicted molar refractivity (Wildman–Crippen MR) is 120 cm³/mol. The van der Waals surface area contributed by atoms with Crippen LogP contribution in [0.4, 0.5) is 5.13 Å². The number of nitrogens with zero attached hydrogens (tertiary/aromatic N) is 2. The molecule has 156 valence electrons. The van der Waals surface area contributed by atoms with Crippen molar-refractivity contribution in [3.8, 4) is 11.3 Å². The molecule has 2 aromatic carbocycles. The van der Waals surface area contributed by atoms with E-state index in [1.807, 2.05) is 35.7 Å². The van der Waals surface area contributed by atoms with Gasteiger partial charge in [0.2, 0.25) is 15.9 Å². The number of amides is 1. The first-order valence-corrected chi connectivity index (χ1v) is 12.5. The summed E-state index contributed by atoms with van der Waals surface area (Å²) in [7, 11) is -3.40. The Balaban J connectivity index is 1.42. The van der Waals surface area contributed by atoms with Crippen molar-refractivity contribution < 1.29 is 13.2 Å². The van der Waals surface area contributed by atoms with Gasteiger partial charge in [-0.1, -0.05) is 54.6 Å². The van der Waals surface area contributed by atoms with Crippen LogP contribution in [0.2, 0.25) is 0 Å². The fourth-order valence-corrected chi connectivity index (χ4v) is 5.52. The molecule has 4 rings (SSSR count). The van der Waals surface area contributed by atoms with Gasteiger partial charge in [0.05, 0.1) is 11.9 Å². The van der Waals surface area contributed by atoms with Crippen molar-refractivity contribution in [2.24, 2.45) is 0 Å². The van der Waals surface area contributed by atoms with Gasteiger partial charge in [0.1, 0.15) is 6.04 Å². The van der Waals surface area contributed by atoms with Crippen LogP contribution >= 0.6 is 11.3 Å². The van der Waals surface area contributed by atoms with Crippen LogP contribution in [0.3, 0.4) is 0 Å². The molecule has 0 saturated carbocycles. The van der Waals surface area contributed by atoms with E-state index >= 15 is 0 Å². The Labute approximate surface area is 180 Å². The van der Waals surface area contributed by atoms with Crippen LogP contribution in [0.25, 0.3) is 11.3 Å². The van der Waals surface area contributed by atoms with Crippen molar-refractivity contribution in [1.82, 2.24) is 9.29 Å². The summed E-state index contributed by atoms with van der Waals surface area (Å²) in [6, 6.07) is 17.9. The number of anilines is 1. The Hall–Kier alpha value is -2.55. The second-order valence-corrected chi connectivity index (χ2v) is 10.2. The van der Waals surface area contributed by atoms with Crippen LogP contribution in [0.5, 0.6) is 0 Å². The van der Waals surface area contributed by atoms with Crippen molar-refractivity contribution in [2.75, 3.05) is 18.1 Å². The Bertz CT molecular complexity index is 1130. The molecule has 1 N–H and O–H groups in total. The zero-order chi connectivity index (χ0) is 21.1. The summed E-state index contributed by atoms with van der Waals surface area (Å²) >= 11 is 1.34. The molecular formula is C22H23N3O3S2. The van der Waals surface area contributed by atoms with Gasteiger partial charge < -0.3 is 5.32 Å². The molecule has 0 bridgehead atoms. The second-order valence-electron chi connectivity index (χ2n) is 7.42. The van der Waals surface area contributed by atoms with Crippen molar-refractivity contribution in [3.63, 3.8) is 0 Å². The van der Waals surface area contributed by atoms with Gasteiger partial charge in [-0.2, -0.15) is 4.31 Å². The molecule has 1 amide bonds. The average Bonchev–Trinajstić information content (AvgIpc) is 3.39. The van der Waals surface area contributed by atoms with Gasteiger partial charge in [0, 0.05) is 17.5 Å². The highest BCUT2D eigenvalue weighted by Crippen LogP contribution is 2.27. The van der Waals surface area contributed by atoms with Gasteiger partial charge in [-0.05, 0) is 30.4 Å². The van der Waals surface area contributed by atoms with Gasteiger partial charge in [-0.15, -0.1) is 11.3 Å². The minimum atomic E-state index is -3.40. The third-order valence-corrected chi connectivity index (χ3v) is 7.21. The summed E-state index contributed by atoms with van der Waals surface area (Å²) in [6.45, 7) is 0.384. The Morgan fingerprint density at radius 2 is 1.83 bits per heavy atom. The lowest BCUT2D eigenvalue weighted by Crippen LogP contribution is -2.42. The number of thiazole rings is 1. The Morgan fingerprint density at radius 3 is 2.53 bits per heavy atom. The van der Waals surface area contributed by atoms with E-state index in [4.69, 9.17) is 0 Å². The summed E-state index contributed by atoms with van der Waals surface area (Å²) in [5.74, 6) is -0.322. The molecule has 1 aliphatic heterocycles. The topological polar surface area (TPSA) is 79.4 Å². The molecule has 1 aliphatic rings. The molecule has 0 spiro atoms. The molecule has 8 heteroatoms. The van der Waals surface area contributed by atoms with Crippen molar-refractivity contribution >= 4 is 32.4 Å². The third-order valence-electron chi connectivity index (χ3n) is 5.17. The largest absolute Gasteiger partial charge is 0.301 e. The quantitative estimate of drug-likeness (QED) is 0.632. The van der Waals surface area contributed by atoms with Crippen molar-refractivity contribution in [2.45, 2.75) is 25.3 Å². The molecule has 1 saturated heterocycles. The van der Waals surface area contributed by atoms with E-state index in [0.29, 0.717) is 24.5 Å². The monoisotopic (exact) mass is 441 g/mol. The highest BCUT2D eigenvalue weighted by Gasteiger charge is 2.36. The predicted octanol–water partition coefficient (Wildman–Crippen LogP) is 3.76. The molecule has 3 aromatic rings. The lowest BCUT2D eigenvalue weighted by molar-refractivity contribution is -0.119. The SMILES string of the molecule is CS(=O)(=O)N1CCCC1C(=O)Nc1nc(-c2ccc(Cc3ccccc3)cc2)cs1. The molecule has 6 nitrogen and oxygen atoms in total. The van der Waals surface area contributed by atoms with E-state index < -0.39 is 16.1 Å². The lowest BCUT2D eigenvalue weighted by atomic mass is 10.0. The van der Waals surface area contributed by atoms with Crippen LogP contribution in [-0.4, -0.2) is 42.5 Å². The van der Waals surface area contributed by atoms with Crippen molar-refractivity contribution in [3.05, 3.63) is 71.1 Å². The van der Waals surface area contributed by atoms with Crippen molar-refractivity contribution in [1.29, 1.82) is 0 Å². The number of carbonyl (C=O) groups excluding carboxylic acids is 1. The van der Waals surface area contributed by atoms with E-state index in [-0.39, 0.29) is 5.91 Å². The second kappa shape index (κ2) is 8.67. The van der Waals surface area contributed by atoms with Gasteiger partial charge in [0.25, 0.3) is 0 Å². The summed E-state index contributed by atoms with van der Waals surface area (Å²) in [5.41, 5.74) is 4.24. The van der Waals surface area contributed by atoms with Gasteiger partial charge in [-0.3, -0.25) is 4.79 Å². The zero-order valence-electron chi connectivity index (χ0n) is 16.6. The number of hydrogen-bond acceptors (Lipinski definition) is 5. The standard InChI is InChI=1S/C22H23N3O3S2/c1-30(27,28)25-13-5-8-20(25)21(26)24-22-23-19(15-29-22)18-11-9-17(10-12-18)14-16-6-3-2-4-7-16/h2-4,6-7,9-12,15,20H,5,8,13-14H2,1H3,(H,23,24,26). The maximum absolute atomic E-state index is 12.6. The minimum absolute atomic E-state index is 0.322. The fraction of sp³-hybridized carbons (Fsp3) is 0.273. The number of carbonyl (C=O) groups is 1. The first-order valence-electron chi connectivity index (χ1n) is 9.76. The van der Waals surface area contributed by atoms with E-state index in [0.717, 1.165) is 23.9 Å². The number of aromatic nitrogens is 1. The highest BCUT2D eigenvalue weighted by molar-refractivity contribution is 7.88. The number of nitrogens with one attached hydrogen (secondary N) is 1. The lowest BCUT2D eigenvalue weighted by Gasteiger charge is -2.20. The maximum atomic E-state index is 12.6. The molecule has 0 radical (unpaired) electrons. The maximum Gasteiger partial charge on any atom is 0.244 e. The first kappa shape index (κ1) is 20.7. The third kappa shape index (κ3) is 4.77. The fourth-order valence-electron chi connectivity index (χ4n) is 3.68. The smallest absolute Gasteiger partial charge is 0.244 e. The summed E-state index contributed by atoms with van der Waals surface area (Å²) in [6.07, 6.45) is 3.23. The highest BCUT2D eigenvalue weighted by atomic mass is 32.2. The molecule has 1 fully saturated rings. The van der Waals surface area contributed by atoms with E-state index in [1.54, 1.807) is 0 Å². The molecule has 0 aliphatic carbocycles. The van der Waals surface area contributed by atoms with E-state index in [2.05, 4.69) is 34.6 Å². The van der Waals surface area contributed by atoms with Crippen LogP contribution in [0.1, 0.15) is 24.0 Å². The number of rotatable bonds is 6. The van der Waals surface area contributed by atoms with E-state index in [1.165, 1.54) is 26.8 Å². The molecular weight excluding hydrogens is 418 g/mol. The summed E-state index contributed by atoms with van der Waals surface area (Å²) in [5, 5.41) is 5.15. The first-order chi connectivity index (χ1) is 14.4. The molecule has 1 aromatic heterocycles. The van der Waals surface area contributed by atoms with Gasteiger partial charge >= 0.3 is 0 Å². The summed E-state index contributed by atoms with van der Waals surface area (Å²) < 4.78 is 25.0. The molecule has 1 atom stereocenters. The molecule has 1 unspecified atom stereocenters. The normalized spacial score (nSPS) is 17.2. The van der Waals surface area contributed by atoms with Crippen LogP contribution in [0, 0.1) is 0 Å². The zero-order valence-corrected chi connectivity index (χ0v) is 18.2. The summed E-state index contributed by atoms with van der Waals surface area (Å²) in [4.78, 5) is 17.1. The Morgan fingerprint density at radius 1 is 1.13 bits per heavy atom.